The molecule has 4 rings (SSSR count). The van der Waals surface area contributed by atoms with Crippen molar-refractivity contribution in [2.75, 3.05) is 5.32 Å². The van der Waals surface area contributed by atoms with E-state index in [1.807, 2.05) is 24.3 Å². The lowest BCUT2D eigenvalue weighted by molar-refractivity contribution is -0.125. The van der Waals surface area contributed by atoms with E-state index >= 15 is 0 Å². The Kier molecular flexibility index (Phi) is 4.76. The monoisotopic (exact) mass is 355 g/mol. The minimum Gasteiger partial charge on any atom is -0.326 e. The Bertz CT molecular complexity index is 704. The molecule has 1 aromatic carbocycles. The number of fused-ring (bicyclic) bond motifs is 2. The fourth-order valence-electron chi connectivity index (χ4n) is 4.60. The molecule has 0 aromatic heterocycles. The molecule has 3 unspecified atom stereocenters. The number of piperidine rings is 1. The van der Waals surface area contributed by atoms with Crippen molar-refractivity contribution in [2.24, 2.45) is 11.8 Å². The van der Waals surface area contributed by atoms with Crippen LogP contribution in [-0.4, -0.2) is 29.8 Å². The van der Waals surface area contributed by atoms with Gasteiger partial charge in [-0.05, 0) is 55.7 Å². The molecule has 3 saturated heterocycles. The second kappa shape index (κ2) is 7.19. The van der Waals surface area contributed by atoms with E-state index in [4.69, 9.17) is 0 Å². The van der Waals surface area contributed by atoms with Crippen molar-refractivity contribution in [3.05, 3.63) is 29.8 Å². The summed E-state index contributed by atoms with van der Waals surface area (Å²) in [5, 5.41) is 8.92. The first-order chi connectivity index (χ1) is 12.5. The van der Waals surface area contributed by atoms with Gasteiger partial charge in [-0.15, -0.1) is 0 Å². The van der Waals surface area contributed by atoms with E-state index in [1.54, 1.807) is 0 Å². The summed E-state index contributed by atoms with van der Waals surface area (Å²) >= 11 is 0. The molecule has 0 radical (unpaired) electrons. The van der Waals surface area contributed by atoms with Gasteiger partial charge in [0, 0.05) is 30.6 Å². The third-order valence-electron chi connectivity index (χ3n) is 5.83. The van der Waals surface area contributed by atoms with Gasteiger partial charge in [0.25, 0.3) is 0 Å². The van der Waals surface area contributed by atoms with Crippen LogP contribution in [0.3, 0.4) is 0 Å². The van der Waals surface area contributed by atoms with Gasteiger partial charge in [0.15, 0.2) is 0 Å². The van der Waals surface area contributed by atoms with Gasteiger partial charge >= 0.3 is 0 Å². The molecule has 26 heavy (non-hydrogen) atoms. The van der Waals surface area contributed by atoms with Gasteiger partial charge in [0.05, 0.1) is 5.92 Å². The van der Waals surface area contributed by atoms with E-state index in [1.165, 1.54) is 12.8 Å². The minimum atomic E-state index is -0.279. The van der Waals surface area contributed by atoms with Crippen LogP contribution in [0.1, 0.15) is 44.1 Å². The summed E-state index contributed by atoms with van der Waals surface area (Å²) < 4.78 is 0. The number of benzene rings is 1. The molecule has 3 N–H and O–H groups in total. The van der Waals surface area contributed by atoms with Crippen LogP contribution in [0.5, 0.6) is 0 Å². The third-order valence-corrected chi connectivity index (χ3v) is 5.83. The molecule has 3 heterocycles. The van der Waals surface area contributed by atoms with Crippen molar-refractivity contribution >= 4 is 23.4 Å². The van der Waals surface area contributed by atoms with Crippen LogP contribution in [0.2, 0.25) is 0 Å². The smallest absolute Gasteiger partial charge is 0.230 e. The van der Waals surface area contributed by atoms with Crippen molar-refractivity contribution in [1.82, 2.24) is 10.6 Å². The fourth-order valence-corrected chi connectivity index (χ4v) is 4.60. The molecule has 3 atom stereocenters. The molecule has 6 nitrogen and oxygen atoms in total. The standard InChI is InChI=1S/C20H25N3O3/c24-18(10-13-8-16-5-6-17(9-13)21-16)22-15-3-1-12(2-4-15)7-14-11-19(25)23-20(14)26/h1-4,13-14,16-17,21H,5-11H2,(H,22,24)(H,23,25,26). The maximum absolute atomic E-state index is 12.3. The number of nitrogens with one attached hydrogen (secondary N) is 3. The van der Waals surface area contributed by atoms with E-state index in [9.17, 15) is 14.4 Å². The number of amides is 3. The molecule has 3 amide bonds. The van der Waals surface area contributed by atoms with Crippen molar-refractivity contribution in [3.63, 3.8) is 0 Å². The maximum atomic E-state index is 12.3. The number of hydrogen-bond donors (Lipinski definition) is 3. The molecule has 6 heteroatoms. The van der Waals surface area contributed by atoms with Crippen molar-refractivity contribution in [1.29, 1.82) is 0 Å². The zero-order valence-electron chi connectivity index (χ0n) is 14.8. The van der Waals surface area contributed by atoms with Crippen LogP contribution < -0.4 is 16.0 Å². The Labute approximate surface area is 153 Å². The number of carbonyl (C=O) groups excluding carboxylic acids is 3. The largest absolute Gasteiger partial charge is 0.326 e. The Morgan fingerprint density at radius 3 is 2.38 bits per heavy atom. The van der Waals surface area contributed by atoms with Gasteiger partial charge in [-0.25, -0.2) is 0 Å². The van der Waals surface area contributed by atoms with E-state index < -0.39 is 0 Å². The van der Waals surface area contributed by atoms with Crippen LogP contribution in [0.25, 0.3) is 0 Å². The lowest BCUT2D eigenvalue weighted by Gasteiger charge is -2.28. The molecule has 3 aliphatic rings. The summed E-state index contributed by atoms with van der Waals surface area (Å²) in [6.45, 7) is 0. The number of imide groups is 1. The third kappa shape index (κ3) is 3.96. The average Bonchev–Trinajstić information content (AvgIpc) is 3.10. The molecule has 138 valence electrons. The van der Waals surface area contributed by atoms with Gasteiger partial charge in [0.1, 0.15) is 0 Å². The maximum Gasteiger partial charge on any atom is 0.230 e. The Morgan fingerprint density at radius 1 is 1.08 bits per heavy atom. The minimum absolute atomic E-state index is 0.0739. The second-order valence-corrected chi connectivity index (χ2v) is 7.94. The molecule has 0 spiro atoms. The number of rotatable bonds is 5. The van der Waals surface area contributed by atoms with Gasteiger partial charge in [-0.3, -0.25) is 19.7 Å². The predicted octanol–water partition coefficient (Wildman–Crippen LogP) is 1.75. The van der Waals surface area contributed by atoms with Gasteiger partial charge in [0.2, 0.25) is 17.7 Å². The first-order valence-electron chi connectivity index (χ1n) is 9.53. The van der Waals surface area contributed by atoms with Gasteiger partial charge in [-0.2, -0.15) is 0 Å². The molecular weight excluding hydrogens is 330 g/mol. The topological polar surface area (TPSA) is 87.3 Å². The summed E-state index contributed by atoms with van der Waals surface area (Å²) in [7, 11) is 0. The predicted molar refractivity (Wildman–Crippen MR) is 97.3 cm³/mol. The normalized spacial score (nSPS) is 30.3. The molecule has 0 saturated carbocycles. The van der Waals surface area contributed by atoms with Crippen molar-refractivity contribution in [2.45, 2.75) is 57.0 Å². The van der Waals surface area contributed by atoms with E-state index in [-0.39, 0.29) is 30.1 Å². The molecule has 0 aliphatic carbocycles. The van der Waals surface area contributed by atoms with Crippen LogP contribution in [-0.2, 0) is 20.8 Å². The highest BCUT2D eigenvalue weighted by molar-refractivity contribution is 6.03. The molecule has 2 bridgehead atoms. The Balaban J connectivity index is 1.27. The van der Waals surface area contributed by atoms with Crippen molar-refractivity contribution < 1.29 is 14.4 Å². The van der Waals surface area contributed by atoms with Crippen LogP contribution in [0.4, 0.5) is 5.69 Å². The second-order valence-electron chi connectivity index (χ2n) is 7.94. The first-order valence-corrected chi connectivity index (χ1v) is 9.53. The molecule has 3 fully saturated rings. The highest BCUT2D eigenvalue weighted by Crippen LogP contribution is 2.32. The summed E-state index contributed by atoms with van der Waals surface area (Å²) in [4.78, 5) is 35.2. The first kappa shape index (κ1) is 17.2. The number of hydrogen-bond acceptors (Lipinski definition) is 4. The summed E-state index contributed by atoms with van der Waals surface area (Å²) in [5.74, 6) is -0.118. The highest BCUT2D eigenvalue weighted by atomic mass is 16.2. The zero-order chi connectivity index (χ0) is 18.1. The van der Waals surface area contributed by atoms with E-state index in [0.29, 0.717) is 30.8 Å². The fraction of sp³-hybridized carbons (Fsp3) is 0.550. The Morgan fingerprint density at radius 2 is 1.77 bits per heavy atom. The molecular formula is C20H25N3O3. The average molecular weight is 355 g/mol. The highest BCUT2D eigenvalue weighted by Gasteiger charge is 2.34. The van der Waals surface area contributed by atoms with E-state index in [0.717, 1.165) is 24.1 Å². The number of anilines is 1. The van der Waals surface area contributed by atoms with Crippen LogP contribution >= 0.6 is 0 Å². The SMILES string of the molecule is O=C1CC(Cc2ccc(NC(=O)CC3CC4CCC(C3)N4)cc2)C(=O)N1. The van der Waals surface area contributed by atoms with Crippen LogP contribution in [0, 0.1) is 11.8 Å². The van der Waals surface area contributed by atoms with Crippen LogP contribution in [0.15, 0.2) is 24.3 Å². The number of carbonyl (C=O) groups is 3. The lowest BCUT2D eigenvalue weighted by Crippen LogP contribution is -2.39. The summed E-state index contributed by atoms with van der Waals surface area (Å²) in [6, 6.07) is 8.77. The van der Waals surface area contributed by atoms with Gasteiger partial charge < -0.3 is 10.6 Å². The van der Waals surface area contributed by atoms with Gasteiger partial charge in [-0.1, -0.05) is 12.1 Å². The lowest BCUT2D eigenvalue weighted by atomic mass is 9.89. The van der Waals surface area contributed by atoms with Crippen molar-refractivity contribution in [3.8, 4) is 0 Å². The quantitative estimate of drug-likeness (QED) is 0.702. The summed E-state index contributed by atoms with van der Waals surface area (Å²) in [6.07, 6.45) is 6.08. The molecule has 3 aliphatic heterocycles. The summed E-state index contributed by atoms with van der Waals surface area (Å²) in [5.41, 5.74) is 1.77. The molecule has 1 aromatic rings. The Hall–Kier alpha value is -2.21. The zero-order valence-corrected chi connectivity index (χ0v) is 14.8. The van der Waals surface area contributed by atoms with E-state index in [2.05, 4.69) is 16.0 Å².